The first kappa shape index (κ1) is 17.7. The van der Waals surface area contributed by atoms with Crippen molar-refractivity contribution in [2.45, 2.75) is 57.9 Å². The number of aromatic nitrogens is 1. The molecule has 0 spiro atoms. The molecule has 28 heavy (non-hydrogen) atoms. The minimum absolute atomic E-state index is 0.0910. The SMILES string of the molecule is Cc1ccc(C(=O)Nc2ccc(NC34CC5CC(CC(C5)C3)C4)nc2)cc1C. The molecule has 0 radical (unpaired) electrons. The van der Waals surface area contributed by atoms with Gasteiger partial charge in [0.1, 0.15) is 5.82 Å². The monoisotopic (exact) mass is 375 g/mol. The molecule has 0 saturated heterocycles. The van der Waals surface area contributed by atoms with Gasteiger partial charge in [0, 0.05) is 11.1 Å². The van der Waals surface area contributed by atoms with Crippen LogP contribution in [0, 0.1) is 31.6 Å². The molecule has 6 rings (SSSR count). The Labute approximate surface area is 167 Å². The average Bonchev–Trinajstić information content (AvgIpc) is 2.64. The van der Waals surface area contributed by atoms with Crippen LogP contribution in [0.15, 0.2) is 36.5 Å². The maximum absolute atomic E-state index is 12.5. The molecule has 2 N–H and O–H groups in total. The van der Waals surface area contributed by atoms with Crippen LogP contribution in [0.2, 0.25) is 0 Å². The molecule has 4 heteroatoms. The molecule has 4 fully saturated rings. The average molecular weight is 376 g/mol. The number of nitrogens with zero attached hydrogens (tertiary/aromatic N) is 1. The maximum atomic E-state index is 12.5. The van der Waals surface area contributed by atoms with Gasteiger partial charge in [-0.25, -0.2) is 4.98 Å². The van der Waals surface area contributed by atoms with Crippen LogP contribution in [-0.4, -0.2) is 16.4 Å². The molecule has 2 aromatic rings. The lowest BCUT2D eigenvalue weighted by Gasteiger charge is -2.57. The quantitative estimate of drug-likeness (QED) is 0.759. The highest BCUT2D eigenvalue weighted by Gasteiger charge is 2.51. The molecule has 4 nitrogen and oxygen atoms in total. The van der Waals surface area contributed by atoms with Crippen molar-refractivity contribution in [2.24, 2.45) is 17.8 Å². The van der Waals surface area contributed by atoms with Gasteiger partial charge in [-0.05, 0) is 106 Å². The van der Waals surface area contributed by atoms with Crippen molar-refractivity contribution in [2.75, 3.05) is 10.6 Å². The lowest BCUT2D eigenvalue weighted by molar-refractivity contribution is 0.0105. The Bertz CT molecular complexity index is 867. The first-order valence-corrected chi connectivity index (χ1v) is 10.6. The summed E-state index contributed by atoms with van der Waals surface area (Å²) in [6, 6.07) is 9.75. The second-order valence-corrected chi connectivity index (χ2v) is 9.51. The van der Waals surface area contributed by atoms with Crippen LogP contribution in [0.4, 0.5) is 11.5 Å². The van der Waals surface area contributed by atoms with E-state index < -0.39 is 0 Å². The molecule has 0 atom stereocenters. The maximum Gasteiger partial charge on any atom is 0.255 e. The van der Waals surface area contributed by atoms with E-state index in [0.29, 0.717) is 5.56 Å². The molecule has 4 saturated carbocycles. The number of amides is 1. The Morgan fingerprint density at radius 2 is 1.64 bits per heavy atom. The first-order chi connectivity index (χ1) is 13.5. The van der Waals surface area contributed by atoms with Gasteiger partial charge in [-0.15, -0.1) is 0 Å². The predicted octanol–water partition coefficient (Wildman–Crippen LogP) is 5.33. The lowest BCUT2D eigenvalue weighted by Crippen LogP contribution is -2.54. The van der Waals surface area contributed by atoms with Crippen molar-refractivity contribution in [1.29, 1.82) is 0 Å². The Kier molecular flexibility index (Phi) is 4.18. The largest absolute Gasteiger partial charge is 0.365 e. The van der Waals surface area contributed by atoms with Crippen LogP contribution in [0.5, 0.6) is 0 Å². The molecular formula is C24H29N3O. The third-order valence-electron chi connectivity index (χ3n) is 7.22. The zero-order chi connectivity index (χ0) is 19.3. The fraction of sp³-hybridized carbons (Fsp3) is 0.500. The molecule has 1 aromatic heterocycles. The third-order valence-corrected chi connectivity index (χ3v) is 7.22. The van der Waals surface area contributed by atoms with E-state index in [1.54, 1.807) is 6.20 Å². The Hall–Kier alpha value is -2.36. The van der Waals surface area contributed by atoms with E-state index in [2.05, 4.69) is 22.5 Å². The molecule has 1 aromatic carbocycles. The number of carbonyl (C=O) groups is 1. The second-order valence-electron chi connectivity index (χ2n) is 9.51. The summed E-state index contributed by atoms with van der Waals surface area (Å²) in [5.74, 6) is 3.58. The summed E-state index contributed by atoms with van der Waals surface area (Å²) in [5.41, 5.74) is 3.99. The van der Waals surface area contributed by atoms with E-state index in [0.717, 1.165) is 34.8 Å². The molecule has 4 bridgehead atoms. The van der Waals surface area contributed by atoms with E-state index in [9.17, 15) is 4.79 Å². The zero-order valence-electron chi connectivity index (χ0n) is 16.8. The van der Waals surface area contributed by atoms with Gasteiger partial charge in [0.15, 0.2) is 0 Å². The number of nitrogens with one attached hydrogen (secondary N) is 2. The zero-order valence-corrected chi connectivity index (χ0v) is 16.8. The molecule has 0 unspecified atom stereocenters. The summed E-state index contributed by atoms with van der Waals surface area (Å²) >= 11 is 0. The second kappa shape index (κ2) is 6.61. The van der Waals surface area contributed by atoms with Crippen LogP contribution >= 0.6 is 0 Å². The van der Waals surface area contributed by atoms with E-state index in [4.69, 9.17) is 0 Å². The van der Waals surface area contributed by atoms with Crippen LogP contribution in [0.3, 0.4) is 0 Å². The van der Waals surface area contributed by atoms with Gasteiger partial charge in [-0.3, -0.25) is 4.79 Å². The number of carbonyl (C=O) groups excluding carboxylic acids is 1. The van der Waals surface area contributed by atoms with Crippen molar-refractivity contribution < 1.29 is 4.79 Å². The van der Waals surface area contributed by atoms with Crippen LogP contribution < -0.4 is 10.6 Å². The highest BCUT2D eigenvalue weighted by Crippen LogP contribution is 2.56. The molecule has 1 heterocycles. The van der Waals surface area contributed by atoms with E-state index >= 15 is 0 Å². The summed E-state index contributed by atoms with van der Waals surface area (Å²) in [7, 11) is 0. The van der Waals surface area contributed by atoms with Crippen LogP contribution in [0.25, 0.3) is 0 Å². The Morgan fingerprint density at radius 3 is 2.21 bits per heavy atom. The number of rotatable bonds is 4. The van der Waals surface area contributed by atoms with Crippen molar-refractivity contribution >= 4 is 17.4 Å². The van der Waals surface area contributed by atoms with Crippen LogP contribution in [0.1, 0.15) is 60.0 Å². The number of anilines is 2. The summed E-state index contributed by atoms with van der Waals surface area (Å²) in [5, 5.41) is 6.75. The van der Waals surface area contributed by atoms with Gasteiger partial charge in [-0.1, -0.05) is 6.07 Å². The minimum Gasteiger partial charge on any atom is -0.365 e. The third kappa shape index (κ3) is 3.30. The highest BCUT2D eigenvalue weighted by molar-refractivity contribution is 6.04. The molecule has 146 valence electrons. The number of pyridine rings is 1. The van der Waals surface area contributed by atoms with Crippen molar-refractivity contribution in [3.05, 3.63) is 53.2 Å². The topological polar surface area (TPSA) is 54.0 Å². The number of hydrogen-bond acceptors (Lipinski definition) is 3. The van der Waals surface area contributed by atoms with Gasteiger partial charge in [0.25, 0.3) is 5.91 Å². The van der Waals surface area contributed by atoms with Gasteiger partial charge in [-0.2, -0.15) is 0 Å². The summed E-state index contributed by atoms with van der Waals surface area (Å²) in [4.78, 5) is 17.1. The van der Waals surface area contributed by atoms with Crippen LogP contribution in [-0.2, 0) is 0 Å². The number of aryl methyl sites for hydroxylation is 2. The summed E-state index contributed by atoms with van der Waals surface area (Å²) in [6.07, 6.45) is 9.99. The van der Waals surface area contributed by atoms with Crippen molar-refractivity contribution in [1.82, 2.24) is 4.98 Å². The highest BCUT2D eigenvalue weighted by atomic mass is 16.1. The normalized spacial score (nSPS) is 30.3. The van der Waals surface area contributed by atoms with Gasteiger partial charge in [0.05, 0.1) is 11.9 Å². The fourth-order valence-corrected chi connectivity index (χ4v) is 6.16. The molecular weight excluding hydrogens is 346 g/mol. The smallest absolute Gasteiger partial charge is 0.255 e. The van der Waals surface area contributed by atoms with E-state index in [1.165, 1.54) is 44.1 Å². The van der Waals surface area contributed by atoms with Crippen molar-refractivity contribution in [3.63, 3.8) is 0 Å². The lowest BCUT2D eigenvalue weighted by atomic mass is 9.53. The predicted molar refractivity (Wildman–Crippen MR) is 113 cm³/mol. The summed E-state index contributed by atoms with van der Waals surface area (Å²) < 4.78 is 0. The summed E-state index contributed by atoms with van der Waals surface area (Å²) in [6.45, 7) is 4.08. The van der Waals surface area contributed by atoms with Gasteiger partial charge in [0.2, 0.25) is 0 Å². The van der Waals surface area contributed by atoms with Gasteiger partial charge < -0.3 is 10.6 Å². The fourth-order valence-electron chi connectivity index (χ4n) is 6.16. The molecule has 0 aliphatic heterocycles. The standard InChI is InChI=1S/C24H29N3O/c1-15-3-4-20(7-16(15)2)23(28)26-21-5-6-22(25-14-21)27-24-11-17-8-18(12-24)10-19(9-17)13-24/h3-7,14,17-19H,8-13H2,1-2H3,(H,25,27)(H,26,28). The number of benzene rings is 1. The van der Waals surface area contributed by atoms with Gasteiger partial charge >= 0.3 is 0 Å². The van der Waals surface area contributed by atoms with E-state index in [-0.39, 0.29) is 11.4 Å². The molecule has 4 aliphatic rings. The molecule has 4 aliphatic carbocycles. The first-order valence-electron chi connectivity index (χ1n) is 10.6. The number of hydrogen-bond donors (Lipinski definition) is 2. The van der Waals surface area contributed by atoms with Crippen molar-refractivity contribution in [3.8, 4) is 0 Å². The minimum atomic E-state index is -0.0910. The molecule has 1 amide bonds. The van der Waals surface area contributed by atoms with E-state index in [1.807, 2.05) is 37.3 Å². The Balaban J connectivity index is 1.26. The Morgan fingerprint density at radius 1 is 0.964 bits per heavy atom.